The third-order valence-corrected chi connectivity index (χ3v) is 4.49. The van der Waals surface area contributed by atoms with Gasteiger partial charge in [-0.05, 0) is 31.2 Å². The van der Waals surface area contributed by atoms with E-state index in [-0.39, 0.29) is 16.0 Å². The molecular formula is C12H14FNO2S. The van der Waals surface area contributed by atoms with Crippen LogP contribution >= 0.6 is 11.8 Å². The highest BCUT2D eigenvalue weighted by Gasteiger charge is 2.41. The Kier molecular flexibility index (Phi) is 3.28. The van der Waals surface area contributed by atoms with Crippen LogP contribution in [-0.4, -0.2) is 28.6 Å². The van der Waals surface area contributed by atoms with E-state index < -0.39 is 11.8 Å². The molecule has 0 saturated heterocycles. The molecule has 1 saturated carbocycles. The first-order valence-electron chi connectivity index (χ1n) is 5.39. The van der Waals surface area contributed by atoms with E-state index in [2.05, 4.69) is 5.32 Å². The zero-order chi connectivity index (χ0) is 12.5. The van der Waals surface area contributed by atoms with Crippen molar-refractivity contribution >= 4 is 23.4 Å². The lowest BCUT2D eigenvalue weighted by atomic mass is 10.1. The first-order valence-corrected chi connectivity index (χ1v) is 6.61. The van der Waals surface area contributed by atoms with Crippen LogP contribution < -0.4 is 5.32 Å². The van der Waals surface area contributed by atoms with Crippen molar-refractivity contribution in [3.05, 3.63) is 29.6 Å². The SMILES string of the molecule is CSC1(CNc2c(F)cccc2C(=O)O)CC1. The fourth-order valence-corrected chi connectivity index (χ4v) is 2.45. The van der Waals surface area contributed by atoms with Crippen molar-refractivity contribution in [2.75, 3.05) is 18.1 Å². The first kappa shape index (κ1) is 12.2. The van der Waals surface area contributed by atoms with Crippen molar-refractivity contribution < 1.29 is 14.3 Å². The predicted molar refractivity (Wildman–Crippen MR) is 67.3 cm³/mol. The van der Waals surface area contributed by atoms with Gasteiger partial charge in [-0.25, -0.2) is 9.18 Å². The third kappa shape index (κ3) is 2.54. The molecule has 0 amide bonds. The number of halogens is 1. The maximum absolute atomic E-state index is 13.6. The lowest BCUT2D eigenvalue weighted by Crippen LogP contribution is -2.19. The van der Waals surface area contributed by atoms with Crippen LogP contribution in [0.5, 0.6) is 0 Å². The van der Waals surface area contributed by atoms with Gasteiger partial charge in [0, 0.05) is 11.3 Å². The summed E-state index contributed by atoms with van der Waals surface area (Å²) in [7, 11) is 0. The Balaban J connectivity index is 2.17. The van der Waals surface area contributed by atoms with Crippen LogP contribution in [0, 0.1) is 5.82 Å². The summed E-state index contributed by atoms with van der Waals surface area (Å²) in [5.41, 5.74) is 0.0854. The van der Waals surface area contributed by atoms with Crippen LogP contribution in [0.4, 0.5) is 10.1 Å². The summed E-state index contributed by atoms with van der Waals surface area (Å²) in [4.78, 5) is 11.0. The molecule has 5 heteroatoms. The fourth-order valence-electron chi connectivity index (χ4n) is 1.72. The van der Waals surface area contributed by atoms with Gasteiger partial charge in [0.25, 0.3) is 0 Å². The molecule has 3 nitrogen and oxygen atoms in total. The molecule has 92 valence electrons. The Morgan fingerprint density at radius 2 is 2.29 bits per heavy atom. The maximum Gasteiger partial charge on any atom is 0.337 e. The Morgan fingerprint density at radius 3 is 2.82 bits per heavy atom. The molecule has 0 heterocycles. The monoisotopic (exact) mass is 255 g/mol. The highest BCUT2D eigenvalue weighted by Crippen LogP contribution is 2.47. The Hall–Kier alpha value is -1.23. The van der Waals surface area contributed by atoms with E-state index in [1.54, 1.807) is 11.8 Å². The summed E-state index contributed by atoms with van der Waals surface area (Å²) in [5, 5.41) is 11.9. The van der Waals surface area contributed by atoms with Gasteiger partial charge in [0.05, 0.1) is 11.3 Å². The van der Waals surface area contributed by atoms with Gasteiger partial charge in [-0.15, -0.1) is 0 Å². The van der Waals surface area contributed by atoms with Gasteiger partial charge in [-0.2, -0.15) is 11.8 Å². The predicted octanol–water partition coefficient (Wildman–Crippen LogP) is 2.83. The summed E-state index contributed by atoms with van der Waals surface area (Å²) >= 11 is 1.75. The molecule has 2 N–H and O–H groups in total. The standard InChI is InChI=1S/C12H14FNO2S/c1-17-12(5-6-12)7-14-10-8(11(15)16)3-2-4-9(10)13/h2-4,14H,5-7H2,1H3,(H,15,16). The summed E-state index contributed by atoms with van der Waals surface area (Å²) in [6, 6.07) is 4.09. The van der Waals surface area contributed by atoms with Gasteiger partial charge in [0.2, 0.25) is 0 Å². The van der Waals surface area contributed by atoms with Crippen LogP contribution in [0.15, 0.2) is 18.2 Å². The topological polar surface area (TPSA) is 49.3 Å². The molecule has 0 atom stereocenters. The number of carboxylic acids is 1. The van der Waals surface area contributed by atoms with Gasteiger partial charge in [0.15, 0.2) is 0 Å². The van der Waals surface area contributed by atoms with E-state index >= 15 is 0 Å². The largest absolute Gasteiger partial charge is 0.478 e. The minimum Gasteiger partial charge on any atom is -0.478 e. The zero-order valence-electron chi connectivity index (χ0n) is 9.50. The lowest BCUT2D eigenvalue weighted by molar-refractivity contribution is 0.0697. The minimum absolute atomic E-state index is 0.0121. The average Bonchev–Trinajstić information content (AvgIpc) is 3.08. The van der Waals surface area contributed by atoms with Gasteiger partial charge >= 0.3 is 5.97 Å². The molecule has 1 aliphatic rings. The van der Waals surface area contributed by atoms with E-state index in [9.17, 15) is 9.18 Å². The van der Waals surface area contributed by atoms with Crippen molar-refractivity contribution in [1.82, 2.24) is 0 Å². The van der Waals surface area contributed by atoms with E-state index in [4.69, 9.17) is 5.11 Å². The molecule has 1 aliphatic carbocycles. The molecule has 0 aliphatic heterocycles. The smallest absolute Gasteiger partial charge is 0.337 e. The number of thioether (sulfide) groups is 1. The molecule has 0 radical (unpaired) electrons. The van der Waals surface area contributed by atoms with Gasteiger partial charge in [-0.1, -0.05) is 6.07 Å². The Labute approximate surface area is 103 Å². The third-order valence-electron chi connectivity index (χ3n) is 3.07. The number of para-hydroxylation sites is 1. The van der Waals surface area contributed by atoms with Crippen molar-refractivity contribution in [3.8, 4) is 0 Å². The van der Waals surface area contributed by atoms with Crippen LogP contribution in [0.2, 0.25) is 0 Å². The van der Waals surface area contributed by atoms with Crippen molar-refractivity contribution in [1.29, 1.82) is 0 Å². The molecule has 17 heavy (non-hydrogen) atoms. The van der Waals surface area contributed by atoms with E-state index in [0.29, 0.717) is 6.54 Å². The molecule has 0 aromatic heterocycles. The van der Waals surface area contributed by atoms with Crippen LogP contribution in [0.1, 0.15) is 23.2 Å². The Morgan fingerprint density at radius 1 is 1.59 bits per heavy atom. The highest BCUT2D eigenvalue weighted by atomic mass is 32.2. The molecule has 0 spiro atoms. The van der Waals surface area contributed by atoms with Crippen molar-refractivity contribution in [2.45, 2.75) is 17.6 Å². The van der Waals surface area contributed by atoms with Gasteiger partial charge in [0.1, 0.15) is 5.82 Å². The number of anilines is 1. The number of carbonyl (C=O) groups is 1. The molecule has 0 bridgehead atoms. The average molecular weight is 255 g/mol. The summed E-state index contributed by atoms with van der Waals surface area (Å²) < 4.78 is 13.7. The summed E-state index contributed by atoms with van der Waals surface area (Å²) in [5.74, 6) is -1.62. The van der Waals surface area contributed by atoms with E-state index in [0.717, 1.165) is 12.8 Å². The molecule has 2 rings (SSSR count). The van der Waals surface area contributed by atoms with Crippen molar-refractivity contribution in [2.24, 2.45) is 0 Å². The number of benzene rings is 1. The molecule has 0 unspecified atom stereocenters. The minimum atomic E-state index is -1.11. The highest BCUT2D eigenvalue weighted by molar-refractivity contribution is 8.00. The number of carboxylic acid groups (broad SMARTS) is 1. The second-order valence-corrected chi connectivity index (χ2v) is 5.48. The maximum atomic E-state index is 13.6. The van der Waals surface area contributed by atoms with E-state index in [1.807, 2.05) is 6.26 Å². The second-order valence-electron chi connectivity index (χ2n) is 4.21. The number of aromatic carboxylic acids is 1. The molecule has 1 aromatic rings. The Bertz CT molecular complexity index is 446. The molecular weight excluding hydrogens is 241 g/mol. The second kappa shape index (κ2) is 4.56. The van der Waals surface area contributed by atoms with Gasteiger partial charge in [-0.3, -0.25) is 0 Å². The summed E-state index contributed by atoms with van der Waals surface area (Å²) in [6.45, 7) is 0.607. The quantitative estimate of drug-likeness (QED) is 0.849. The molecule has 1 aromatic carbocycles. The first-order chi connectivity index (χ1) is 8.08. The number of hydrogen-bond donors (Lipinski definition) is 2. The van der Waals surface area contributed by atoms with Gasteiger partial charge < -0.3 is 10.4 Å². The normalized spacial score (nSPS) is 16.6. The molecule has 1 fully saturated rings. The lowest BCUT2D eigenvalue weighted by Gasteiger charge is -2.16. The van der Waals surface area contributed by atoms with E-state index in [1.165, 1.54) is 18.2 Å². The van der Waals surface area contributed by atoms with Crippen molar-refractivity contribution in [3.63, 3.8) is 0 Å². The van der Waals surface area contributed by atoms with Crippen LogP contribution in [0.25, 0.3) is 0 Å². The summed E-state index contributed by atoms with van der Waals surface area (Å²) in [6.07, 6.45) is 4.21. The number of nitrogens with one attached hydrogen (secondary N) is 1. The zero-order valence-corrected chi connectivity index (χ0v) is 10.3. The number of rotatable bonds is 5. The van der Waals surface area contributed by atoms with Crippen LogP contribution in [0.3, 0.4) is 0 Å². The number of hydrogen-bond acceptors (Lipinski definition) is 3. The van der Waals surface area contributed by atoms with Crippen LogP contribution in [-0.2, 0) is 0 Å². The fraction of sp³-hybridized carbons (Fsp3) is 0.417.